The first-order valence-electron chi connectivity index (χ1n) is 7.12. The number of fused-ring (bicyclic) bond motifs is 1. The first-order chi connectivity index (χ1) is 10.8. The van der Waals surface area contributed by atoms with Gasteiger partial charge in [0.1, 0.15) is 11.6 Å². The molecule has 1 aromatic heterocycles. The van der Waals surface area contributed by atoms with Gasteiger partial charge in [-0.2, -0.15) is 4.72 Å². The van der Waals surface area contributed by atoms with Crippen LogP contribution in [0.3, 0.4) is 0 Å². The maximum absolute atomic E-state index is 12.4. The molecule has 0 amide bonds. The van der Waals surface area contributed by atoms with Gasteiger partial charge in [-0.1, -0.05) is 19.8 Å². The van der Waals surface area contributed by atoms with Crippen LogP contribution in [0, 0.1) is 0 Å². The smallest absolute Gasteiger partial charge is 0.336 e. The molecule has 23 heavy (non-hydrogen) atoms. The lowest BCUT2D eigenvalue weighted by Crippen LogP contribution is -2.40. The number of sulfonamides is 1. The standard InChI is InChI=1S/C15H17NO6S/c1-2-3-4-12(15(18)19)16-23(20,21)11-6-7-13-10(9-11)5-8-14(17)22-13/h5-9,12,16H,2-4H2,1H3,(H,18,19). The van der Waals surface area contributed by atoms with Crippen LogP contribution in [0.5, 0.6) is 0 Å². The number of benzene rings is 1. The molecular weight excluding hydrogens is 322 g/mol. The van der Waals surface area contributed by atoms with E-state index in [1.807, 2.05) is 6.92 Å². The summed E-state index contributed by atoms with van der Waals surface area (Å²) in [6, 6.07) is 5.43. The van der Waals surface area contributed by atoms with Gasteiger partial charge in [0.15, 0.2) is 0 Å². The number of hydrogen-bond acceptors (Lipinski definition) is 5. The second-order valence-corrected chi connectivity index (χ2v) is 6.82. The van der Waals surface area contributed by atoms with E-state index in [9.17, 15) is 18.0 Å². The summed E-state index contributed by atoms with van der Waals surface area (Å²) in [5.41, 5.74) is -0.269. The van der Waals surface area contributed by atoms with Crippen molar-refractivity contribution in [3.8, 4) is 0 Å². The normalized spacial score (nSPS) is 13.1. The third-order valence-electron chi connectivity index (χ3n) is 3.34. The fourth-order valence-electron chi connectivity index (χ4n) is 2.11. The number of hydrogen-bond donors (Lipinski definition) is 2. The van der Waals surface area contributed by atoms with Crippen molar-refractivity contribution in [1.29, 1.82) is 0 Å². The van der Waals surface area contributed by atoms with E-state index in [-0.39, 0.29) is 16.9 Å². The monoisotopic (exact) mass is 339 g/mol. The summed E-state index contributed by atoms with van der Waals surface area (Å²) in [6.07, 6.45) is 1.58. The van der Waals surface area contributed by atoms with Crippen LogP contribution in [0.15, 0.2) is 44.4 Å². The SMILES string of the molecule is CCCCC(NS(=O)(=O)c1ccc2oc(=O)ccc2c1)C(=O)O. The van der Waals surface area contributed by atoms with Crippen molar-refractivity contribution < 1.29 is 22.7 Å². The van der Waals surface area contributed by atoms with Crippen molar-refractivity contribution >= 4 is 27.0 Å². The molecule has 0 radical (unpaired) electrons. The Bertz CT molecular complexity index is 871. The van der Waals surface area contributed by atoms with E-state index < -0.39 is 27.7 Å². The molecule has 0 aliphatic heterocycles. The second kappa shape index (κ2) is 6.93. The molecule has 2 N–H and O–H groups in total. The third kappa shape index (κ3) is 4.17. The van der Waals surface area contributed by atoms with E-state index in [0.717, 1.165) is 6.42 Å². The van der Waals surface area contributed by atoms with Gasteiger partial charge in [0, 0.05) is 11.5 Å². The average Bonchev–Trinajstić information content (AvgIpc) is 2.50. The van der Waals surface area contributed by atoms with Gasteiger partial charge in [0.25, 0.3) is 0 Å². The molecule has 1 unspecified atom stereocenters. The second-order valence-electron chi connectivity index (χ2n) is 5.11. The lowest BCUT2D eigenvalue weighted by molar-refractivity contribution is -0.139. The number of carboxylic acid groups (broad SMARTS) is 1. The molecule has 0 spiro atoms. The minimum absolute atomic E-state index is 0.0819. The summed E-state index contributed by atoms with van der Waals surface area (Å²) in [6.45, 7) is 1.89. The van der Waals surface area contributed by atoms with E-state index in [0.29, 0.717) is 11.8 Å². The molecule has 8 heteroatoms. The summed E-state index contributed by atoms with van der Waals surface area (Å²) in [7, 11) is -3.99. The van der Waals surface area contributed by atoms with E-state index >= 15 is 0 Å². The highest BCUT2D eigenvalue weighted by Gasteiger charge is 2.25. The Morgan fingerprint density at radius 3 is 2.70 bits per heavy atom. The van der Waals surface area contributed by atoms with Crippen LogP contribution in [-0.4, -0.2) is 25.5 Å². The number of aliphatic carboxylic acids is 1. The molecule has 1 atom stereocenters. The number of rotatable bonds is 7. The summed E-state index contributed by atoms with van der Waals surface area (Å²) in [5, 5.41) is 9.57. The van der Waals surface area contributed by atoms with Gasteiger partial charge in [-0.05, 0) is 30.7 Å². The Morgan fingerprint density at radius 1 is 1.30 bits per heavy atom. The summed E-state index contributed by atoms with van der Waals surface area (Å²) in [4.78, 5) is 22.2. The van der Waals surface area contributed by atoms with Crippen LogP contribution in [-0.2, 0) is 14.8 Å². The van der Waals surface area contributed by atoms with Gasteiger partial charge in [0.2, 0.25) is 10.0 Å². The average molecular weight is 339 g/mol. The van der Waals surface area contributed by atoms with Crippen molar-refractivity contribution in [1.82, 2.24) is 4.72 Å². The molecule has 1 aromatic carbocycles. The summed E-state index contributed by atoms with van der Waals surface area (Å²) >= 11 is 0. The lowest BCUT2D eigenvalue weighted by atomic mass is 10.1. The van der Waals surface area contributed by atoms with Crippen LogP contribution in [0.1, 0.15) is 26.2 Å². The van der Waals surface area contributed by atoms with Crippen molar-refractivity contribution in [2.24, 2.45) is 0 Å². The maximum atomic E-state index is 12.4. The number of carboxylic acids is 1. The fraction of sp³-hybridized carbons (Fsp3) is 0.333. The molecule has 1 heterocycles. The van der Waals surface area contributed by atoms with Gasteiger partial charge in [-0.25, -0.2) is 13.2 Å². The highest BCUT2D eigenvalue weighted by molar-refractivity contribution is 7.89. The number of unbranched alkanes of at least 4 members (excludes halogenated alkanes) is 1. The Balaban J connectivity index is 2.32. The van der Waals surface area contributed by atoms with Gasteiger partial charge < -0.3 is 9.52 Å². The molecule has 0 saturated heterocycles. The van der Waals surface area contributed by atoms with Crippen molar-refractivity contribution in [3.63, 3.8) is 0 Å². The van der Waals surface area contributed by atoms with Gasteiger partial charge >= 0.3 is 11.6 Å². The Hall–Kier alpha value is -2.19. The zero-order chi connectivity index (χ0) is 17.0. The molecule has 2 rings (SSSR count). The van der Waals surface area contributed by atoms with E-state index in [4.69, 9.17) is 9.52 Å². The van der Waals surface area contributed by atoms with Gasteiger partial charge in [-0.3, -0.25) is 4.79 Å². The minimum Gasteiger partial charge on any atom is -0.480 e. The van der Waals surface area contributed by atoms with Crippen LogP contribution in [0.25, 0.3) is 11.0 Å². The Labute approximate surface area is 133 Å². The fourth-order valence-corrected chi connectivity index (χ4v) is 3.37. The zero-order valence-electron chi connectivity index (χ0n) is 12.5. The quantitative estimate of drug-likeness (QED) is 0.742. The third-order valence-corrected chi connectivity index (χ3v) is 4.81. The largest absolute Gasteiger partial charge is 0.480 e. The highest BCUT2D eigenvalue weighted by Crippen LogP contribution is 2.18. The Kier molecular flexibility index (Phi) is 5.17. The topological polar surface area (TPSA) is 114 Å². The lowest BCUT2D eigenvalue weighted by Gasteiger charge is -2.14. The summed E-state index contributed by atoms with van der Waals surface area (Å²) in [5.74, 6) is -1.21. The van der Waals surface area contributed by atoms with Crippen LogP contribution in [0.2, 0.25) is 0 Å². The maximum Gasteiger partial charge on any atom is 0.336 e. The number of nitrogens with one attached hydrogen (secondary N) is 1. The van der Waals surface area contributed by atoms with Crippen molar-refractivity contribution in [3.05, 3.63) is 40.8 Å². The van der Waals surface area contributed by atoms with Crippen LogP contribution < -0.4 is 10.3 Å². The molecule has 0 fully saturated rings. The predicted octanol–water partition coefficient (Wildman–Crippen LogP) is 1.71. The van der Waals surface area contributed by atoms with Gasteiger partial charge in [-0.15, -0.1) is 0 Å². The highest BCUT2D eigenvalue weighted by atomic mass is 32.2. The van der Waals surface area contributed by atoms with E-state index in [2.05, 4.69) is 4.72 Å². The molecule has 7 nitrogen and oxygen atoms in total. The molecule has 124 valence electrons. The zero-order valence-corrected chi connectivity index (χ0v) is 13.3. The predicted molar refractivity (Wildman–Crippen MR) is 83.8 cm³/mol. The minimum atomic E-state index is -3.99. The first-order valence-corrected chi connectivity index (χ1v) is 8.61. The first kappa shape index (κ1) is 17.2. The Morgan fingerprint density at radius 2 is 2.04 bits per heavy atom. The summed E-state index contributed by atoms with van der Waals surface area (Å²) < 4.78 is 31.8. The molecular formula is C15H17NO6S. The van der Waals surface area contributed by atoms with Crippen molar-refractivity contribution in [2.45, 2.75) is 37.1 Å². The van der Waals surface area contributed by atoms with Gasteiger partial charge in [0.05, 0.1) is 4.90 Å². The molecule has 0 aliphatic carbocycles. The van der Waals surface area contributed by atoms with Crippen LogP contribution >= 0.6 is 0 Å². The molecule has 0 aliphatic rings. The van der Waals surface area contributed by atoms with E-state index in [1.54, 1.807) is 0 Å². The van der Waals surface area contributed by atoms with E-state index in [1.165, 1.54) is 30.3 Å². The molecule has 0 saturated carbocycles. The molecule has 2 aromatic rings. The molecule has 0 bridgehead atoms. The van der Waals surface area contributed by atoms with Crippen LogP contribution in [0.4, 0.5) is 0 Å². The number of carbonyl (C=O) groups is 1. The van der Waals surface area contributed by atoms with Crippen molar-refractivity contribution in [2.75, 3.05) is 0 Å².